The zero-order chi connectivity index (χ0) is 14.5. The van der Waals surface area contributed by atoms with Crippen LogP contribution in [0.5, 0.6) is 0 Å². The van der Waals surface area contributed by atoms with Crippen molar-refractivity contribution in [1.82, 2.24) is 5.32 Å². The summed E-state index contributed by atoms with van der Waals surface area (Å²) in [7, 11) is 0. The van der Waals surface area contributed by atoms with E-state index in [1.165, 1.54) is 18.6 Å². The summed E-state index contributed by atoms with van der Waals surface area (Å²) in [6.45, 7) is 2.85. The predicted molar refractivity (Wildman–Crippen MR) is 76.8 cm³/mol. The molecular weight excluding hydrogens is 256 g/mol. The van der Waals surface area contributed by atoms with Crippen LogP contribution in [0.3, 0.4) is 0 Å². The highest BCUT2D eigenvalue weighted by Gasteiger charge is 2.26. The molecule has 1 aliphatic heterocycles. The van der Waals surface area contributed by atoms with Crippen molar-refractivity contribution in [3.8, 4) is 0 Å². The van der Waals surface area contributed by atoms with E-state index in [2.05, 4.69) is 5.32 Å². The average molecular weight is 276 g/mol. The summed E-state index contributed by atoms with van der Waals surface area (Å²) in [5, 5.41) is 14.2. The number of benzene rings is 1. The number of carbonyl (C=O) groups is 1. The molecule has 2 atom stereocenters. The molecule has 5 nitrogen and oxygen atoms in total. The number of nitrogens with zero attached hydrogens (tertiary/aromatic N) is 1. The fourth-order valence-electron chi connectivity index (χ4n) is 2.70. The highest BCUT2D eigenvalue weighted by molar-refractivity contribution is 5.98. The lowest BCUT2D eigenvalue weighted by molar-refractivity contribution is -0.384. The number of Topliss-reactive ketones (excluding diaryl/α,β-unsaturated/α-hetero) is 1. The fraction of sp³-hybridized carbons (Fsp3) is 0.533. The van der Waals surface area contributed by atoms with E-state index < -0.39 is 4.92 Å². The molecule has 1 heterocycles. The summed E-state index contributed by atoms with van der Waals surface area (Å²) in [6.07, 6.45) is 4.46. The quantitative estimate of drug-likeness (QED) is 0.521. The molecule has 5 heteroatoms. The number of nitro groups is 1. The van der Waals surface area contributed by atoms with Crippen molar-refractivity contribution in [2.45, 2.75) is 38.6 Å². The third kappa shape index (κ3) is 3.42. The van der Waals surface area contributed by atoms with Gasteiger partial charge in [-0.05, 0) is 19.4 Å². The largest absolute Gasteiger partial charge is 0.313 e. The Bertz CT molecular complexity index is 494. The van der Waals surface area contributed by atoms with E-state index in [-0.39, 0.29) is 23.4 Å². The van der Waals surface area contributed by atoms with Gasteiger partial charge in [-0.25, -0.2) is 0 Å². The van der Waals surface area contributed by atoms with Gasteiger partial charge in [0.25, 0.3) is 5.69 Å². The number of non-ortho nitro benzene ring substituents is 1. The van der Waals surface area contributed by atoms with E-state index in [1.807, 2.05) is 6.92 Å². The summed E-state index contributed by atoms with van der Waals surface area (Å²) in [5.41, 5.74) is 0.398. The number of nitro benzene ring substituents is 1. The van der Waals surface area contributed by atoms with Crippen LogP contribution in [0.2, 0.25) is 0 Å². The van der Waals surface area contributed by atoms with Crippen LogP contribution < -0.4 is 5.32 Å². The minimum Gasteiger partial charge on any atom is -0.313 e. The van der Waals surface area contributed by atoms with E-state index in [0.717, 1.165) is 25.8 Å². The van der Waals surface area contributed by atoms with Crippen LogP contribution in [-0.2, 0) is 0 Å². The molecule has 0 saturated carbocycles. The number of carbonyl (C=O) groups excluding carboxylic acids is 1. The van der Waals surface area contributed by atoms with Crippen LogP contribution in [-0.4, -0.2) is 23.3 Å². The Morgan fingerprint density at radius 1 is 1.40 bits per heavy atom. The Morgan fingerprint density at radius 3 is 2.95 bits per heavy atom. The van der Waals surface area contributed by atoms with Crippen LogP contribution >= 0.6 is 0 Å². The van der Waals surface area contributed by atoms with Gasteiger partial charge in [0.2, 0.25) is 0 Å². The van der Waals surface area contributed by atoms with E-state index in [4.69, 9.17) is 0 Å². The molecule has 1 aromatic carbocycles. The molecule has 2 unspecified atom stereocenters. The first-order valence-corrected chi connectivity index (χ1v) is 7.11. The summed E-state index contributed by atoms with van der Waals surface area (Å²) < 4.78 is 0. The lowest BCUT2D eigenvalue weighted by atomic mass is 9.90. The number of nitrogens with one attached hydrogen (secondary N) is 1. The van der Waals surface area contributed by atoms with Crippen molar-refractivity contribution in [3.05, 3.63) is 39.9 Å². The molecule has 2 rings (SSSR count). The third-order valence-electron chi connectivity index (χ3n) is 3.96. The smallest absolute Gasteiger partial charge is 0.270 e. The molecule has 108 valence electrons. The maximum atomic E-state index is 12.5. The predicted octanol–water partition coefficient (Wildman–Crippen LogP) is 2.95. The summed E-state index contributed by atoms with van der Waals surface area (Å²) >= 11 is 0. The van der Waals surface area contributed by atoms with Gasteiger partial charge in [0.15, 0.2) is 5.78 Å². The topological polar surface area (TPSA) is 72.2 Å². The van der Waals surface area contributed by atoms with Crippen molar-refractivity contribution in [2.75, 3.05) is 6.54 Å². The van der Waals surface area contributed by atoms with Crippen LogP contribution in [0.1, 0.15) is 43.0 Å². The number of hydrogen-bond acceptors (Lipinski definition) is 4. The maximum absolute atomic E-state index is 12.5. The molecule has 0 aliphatic carbocycles. The monoisotopic (exact) mass is 276 g/mol. The van der Waals surface area contributed by atoms with Crippen molar-refractivity contribution < 1.29 is 9.72 Å². The molecule has 1 fully saturated rings. The Morgan fingerprint density at radius 2 is 2.20 bits per heavy atom. The highest BCUT2D eigenvalue weighted by Crippen LogP contribution is 2.21. The molecule has 1 aliphatic rings. The lowest BCUT2D eigenvalue weighted by Gasteiger charge is -2.22. The number of hydrogen-bond donors (Lipinski definition) is 1. The molecular formula is C15H20N2O3. The molecule has 0 amide bonds. The Balaban J connectivity index is 2.13. The van der Waals surface area contributed by atoms with Gasteiger partial charge >= 0.3 is 0 Å². The van der Waals surface area contributed by atoms with Gasteiger partial charge in [0.05, 0.1) is 4.92 Å². The molecule has 1 aromatic rings. The van der Waals surface area contributed by atoms with E-state index in [0.29, 0.717) is 5.56 Å². The second kappa shape index (κ2) is 6.61. The van der Waals surface area contributed by atoms with Crippen LogP contribution in [0, 0.1) is 16.0 Å². The molecule has 20 heavy (non-hydrogen) atoms. The summed E-state index contributed by atoms with van der Waals surface area (Å²) in [4.78, 5) is 22.8. The van der Waals surface area contributed by atoms with Crippen molar-refractivity contribution >= 4 is 11.5 Å². The standard InChI is InChI=1S/C15H20N2O3/c1-11(14-8-3-2-4-9-16-14)15(18)12-6-5-7-13(10-12)17(19)20/h5-7,10-11,14,16H,2-4,8-9H2,1H3. The van der Waals surface area contributed by atoms with Crippen molar-refractivity contribution in [1.29, 1.82) is 0 Å². The highest BCUT2D eigenvalue weighted by atomic mass is 16.6. The number of rotatable bonds is 4. The van der Waals surface area contributed by atoms with Crippen LogP contribution in [0.15, 0.2) is 24.3 Å². The van der Waals surface area contributed by atoms with Crippen molar-refractivity contribution in [3.63, 3.8) is 0 Å². The minimum absolute atomic E-state index is 0.0203. The zero-order valence-electron chi connectivity index (χ0n) is 11.7. The Labute approximate surface area is 118 Å². The average Bonchev–Trinajstić information content (AvgIpc) is 2.75. The van der Waals surface area contributed by atoms with Gasteiger partial charge in [-0.3, -0.25) is 14.9 Å². The van der Waals surface area contributed by atoms with E-state index >= 15 is 0 Å². The van der Waals surface area contributed by atoms with Gasteiger partial charge in [-0.15, -0.1) is 0 Å². The first-order valence-electron chi connectivity index (χ1n) is 7.11. The maximum Gasteiger partial charge on any atom is 0.270 e. The van der Waals surface area contributed by atoms with Gasteiger partial charge in [0, 0.05) is 29.7 Å². The molecule has 1 saturated heterocycles. The molecule has 0 aromatic heterocycles. The molecule has 0 spiro atoms. The van der Waals surface area contributed by atoms with Gasteiger partial charge in [0.1, 0.15) is 0 Å². The summed E-state index contributed by atoms with van der Waals surface area (Å²) in [6, 6.07) is 6.17. The van der Waals surface area contributed by atoms with Crippen LogP contribution in [0.4, 0.5) is 5.69 Å². The van der Waals surface area contributed by atoms with Crippen molar-refractivity contribution in [2.24, 2.45) is 5.92 Å². The van der Waals surface area contributed by atoms with Gasteiger partial charge in [-0.1, -0.05) is 31.9 Å². The van der Waals surface area contributed by atoms with Crippen LogP contribution in [0.25, 0.3) is 0 Å². The van der Waals surface area contributed by atoms with Gasteiger partial charge in [-0.2, -0.15) is 0 Å². The second-order valence-electron chi connectivity index (χ2n) is 5.37. The molecule has 1 N–H and O–H groups in total. The number of ketones is 1. The Kier molecular flexibility index (Phi) is 4.84. The summed E-state index contributed by atoms with van der Waals surface area (Å²) in [5.74, 6) is -0.178. The zero-order valence-corrected chi connectivity index (χ0v) is 11.7. The van der Waals surface area contributed by atoms with E-state index in [9.17, 15) is 14.9 Å². The Hall–Kier alpha value is -1.75. The third-order valence-corrected chi connectivity index (χ3v) is 3.96. The first-order chi connectivity index (χ1) is 9.59. The second-order valence-corrected chi connectivity index (χ2v) is 5.37. The SMILES string of the molecule is CC(C(=O)c1cccc([N+](=O)[O-])c1)C1CCCCCN1. The lowest BCUT2D eigenvalue weighted by Crippen LogP contribution is -2.38. The normalized spacial score (nSPS) is 20.9. The fourth-order valence-corrected chi connectivity index (χ4v) is 2.70. The molecule has 0 radical (unpaired) electrons. The van der Waals surface area contributed by atoms with E-state index in [1.54, 1.807) is 12.1 Å². The molecule has 0 bridgehead atoms. The van der Waals surface area contributed by atoms with Gasteiger partial charge < -0.3 is 5.32 Å². The first kappa shape index (κ1) is 14.7. The minimum atomic E-state index is -0.467.